The summed E-state index contributed by atoms with van der Waals surface area (Å²) < 4.78 is 30.4. The molecule has 0 aromatic carbocycles. The zero-order chi connectivity index (χ0) is 9.19. The van der Waals surface area contributed by atoms with E-state index in [1.54, 1.807) is 0 Å². The number of rotatable bonds is 3. The Morgan fingerprint density at radius 1 is 1.62 bits per heavy atom. The summed E-state index contributed by atoms with van der Waals surface area (Å²) >= 11 is 1.01. The molecule has 66 valence electrons. The van der Waals surface area contributed by atoms with E-state index < -0.39 is 21.7 Å². The molecule has 0 saturated heterocycles. The summed E-state index contributed by atoms with van der Waals surface area (Å²) in [6.07, 6.45) is 1.37. The number of aromatic nitrogens is 1. The Hall–Kier alpha value is 0.210. The molecule has 0 aliphatic carbocycles. The van der Waals surface area contributed by atoms with Gasteiger partial charge in [0.05, 0.1) is 0 Å². The molecule has 0 fully saturated rings. The van der Waals surface area contributed by atoms with E-state index >= 15 is 0 Å². The van der Waals surface area contributed by atoms with Crippen molar-refractivity contribution in [1.29, 1.82) is 0 Å². The summed E-state index contributed by atoms with van der Waals surface area (Å²) in [5.41, 5.74) is 0. The molecule has 1 aromatic heterocycles. The maximum Gasteiger partial charge on any atom is 1.00 e. The third-order valence-electron chi connectivity index (χ3n) is 0.979. The molecule has 8 heteroatoms. The molecule has 5 nitrogen and oxygen atoms in total. The van der Waals surface area contributed by atoms with Gasteiger partial charge in [0, 0.05) is 11.6 Å². The van der Waals surface area contributed by atoms with Gasteiger partial charge in [-0.1, -0.05) is 0 Å². The topological polar surface area (TPSA) is 87.2 Å². The van der Waals surface area contributed by atoms with E-state index in [4.69, 9.17) is 0 Å². The van der Waals surface area contributed by atoms with Crippen molar-refractivity contribution >= 4 is 27.2 Å². The monoisotopic (exact) mass is 229 g/mol. The van der Waals surface area contributed by atoms with E-state index in [0.717, 1.165) is 11.3 Å². The van der Waals surface area contributed by atoms with Crippen LogP contribution in [0.5, 0.6) is 0 Å². The normalized spacial score (nSPS) is 10.5. The number of hydrogen-bond donors (Lipinski definition) is 0. The second-order valence-corrected chi connectivity index (χ2v) is 4.26. The third kappa shape index (κ3) is 4.84. The largest absolute Gasteiger partial charge is 1.00 e. The first-order valence-electron chi connectivity index (χ1n) is 2.85. The van der Waals surface area contributed by atoms with Crippen LogP contribution in [0.15, 0.2) is 11.6 Å². The minimum atomic E-state index is -4.48. The molecule has 0 radical (unpaired) electrons. The van der Waals surface area contributed by atoms with Gasteiger partial charge in [-0.15, -0.1) is 11.3 Å². The first-order chi connectivity index (χ1) is 5.49. The van der Waals surface area contributed by atoms with Crippen LogP contribution in [0, 0.1) is 0 Å². The van der Waals surface area contributed by atoms with Crippen LogP contribution >= 0.6 is 11.3 Å². The summed E-state index contributed by atoms with van der Waals surface area (Å²) in [5, 5.41) is 1.58. The van der Waals surface area contributed by atoms with Crippen molar-refractivity contribution in [1.82, 2.24) is 4.98 Å². The maximum absolute atomic E-state index is 10.9. The van der Waals surface area contributed by atoms with E-state index in [1.807, 2.05) is 0 Å². The molecule has 0 N–H and O–H groups in total. The van der Waals surface area contributed by atoms with Crippen LogP contribution in [0.2, 0.25) is 0 Å². The first kappa shape index (κ1) is 13.2. The van der Waals surface area contributed by atoms with Crippen molar-refractivity contribution in [3.05, 3.63) is 16.6 Å². The Labute approximate surface area is 101 Å². The van der Waals surface area contributed by atoms with Gasteiger partial charge in [0.15, 0.2) is 5.01 Å². The predicted molar refractivity (Wildman–Crippen MR) is 41.0 cm³/mol. The molecule has 0 spiro atoms. The van der Waals surface area contributed by atoms with Crippen LogP contribution in [-0.4, -0.2) is 29.5 Å². The Kier molecular flexibility index (Phi) is 5.26. The van der Waals surface area contributed by atoms with Gasteiger partial charge in [-0.2, -0.15) is 0 Å². The van der Waals surface area contributed by atoms with Crippen molar-refractivity contribution in [3.8, 4) is 0 Å². The zero-order valence-electron chi connectivity index (χ0n) is 6.76. The molecule has 0 amide bonds. The second-order valence-electron chi connectivity index (χ2n) is 1.96. The molecule has 0 saturated carbocycles. The maximum atomic E-state index is 10.9. The van der Waals surface area contributed by atoms with Gasteiger partial charge in [-0.3, -0.25) is 4.79 Å². The van der Waals surface area contributed by atoms with Crippen LogP contribution in [0.1, 0.15) is 9.80 Å². The number of carbonyl (C=O) groups excluding carboxylic acids is 1. The van der Waals surface area contributed by atoms with Crippen molar-refractivity contribution in [2.24, 2.45) is 0 Å². The number of nitrogens with zero attached hydrogens (tertiary/aromatic N) is 1. The van der Waals surface area contributed by atoms with E-state index in [9.17, 15) is 17.8 Å². The van der Waals surface area contributed by atoms with Crippen molar-refractivity contribution in [2.45, 2.75) is 0 Å². The fourth-order valence-corrected chi connectivity index (χ4v) is 1.71. The van der Waals surface area contributed by atoms with Crippen molar-refractivity contribution in [3.63, 3.8) is 0 Å². The van der Waals surface area contributed by atoms with Gasteiger partial charge in [0.2, 0.25) is 5.78 Å². The number of ketones is 1. The summed E-state index contributed by atoms with van der Waals surface area (Å²) in [7, 11) is -4.48. The molecule has 13 heavy (non-hydrogen) atoms. The number of Topliss-reactive ketones (excluding diaryl/α,β-unsaturated/α-hetero) is 1. The number of thiazole rings is 1. The summed E-state index contributed by atoms with van der Waals surface area (Å²) in [4.78, 5) is 14.5. The van der Waals surface area contributed by atoms with Crippen LogP contribution < -0.4 is 29.6 Å². The Morgan fingerprint density at radius 2 is 2.23 bits per heavy atom. The fraction of sp³-hybridized carbons (Fsp3) is 0.200. The minimum Gasteiger partial charge on any atom is -0.748 e. The van der Waals surface area contributed by atoms with Crippen LogP contribution in [0.4, 0.5) is 0 Å². The van der Waals surface area contributed by atoms with Gasteiger partial charge >= 0.3 is 29.6 Å². The van der Waals surface area contributed by atoms with E-state index in [0.29, 0.717) is 0 Å². The molecule has 0 aliphatic rings. The summed E-state index contributed by atoms with van der Waals surface area (Å²) in [6.45, 7) is 0. The van der Waals surface area contributed by atoms with Crippen LogP contribution in [0.3, 0.4) is 0 Å². The molecule has 1 aromatic rings. The van der Waals surface area contributed by atoms with Gasteiger partial charge in [0.25, 0.3) is 0 Å². The molecule has 0 unspecified atom stereocenters. The van der Waals surface area contributed by atoms with Gasteiger partial charge in [-0.25, -0.2) is 13.4 Å². The summed E-state index contributed by atoms with van der Waals surface area (Å²) in [5.74, 6) is -1.76. The minimum absolute atomic E-state index is 0. The van der Waals surface area contributed by atoms with Crippen LogP contribution in [0.25, 0.3) is 0 Å². The van der Waals surface area contributed by atoms with Crippen molar-refractivity contribution in [2.75, 3.05) is 5.75 Å². The molecule has 1 heterocycles. The van der Waals surface area contributed by atoms with Gasteiger partial charge in [0.1, 0.15) is 15.9 Å². The molecular formula is C5H4NNaO4S2. The first-order valence-corrected chi connectivity index (χ1v) is 5.31. The number of hydrogen-bond acceptors (Lipinski definition) is 6. The van der Waals surface area contributed by atoms with Gasteiger partial charge in [-0.05, 0) is 0 Å². The van der Waals surface area contributed by atoms with E-state index in [-0.39, 0.29) is 34.6 Å². The molecule has 0 bridgehead atoms. The quantitative estimate of drug-likeness (QED) is 0.311. The number of carbonyl (C=O) groups is 1. The average Bonchev–Trinajstić information content (AvgIpc) is 2.32. The molecular weight excluding hydrogens is 225 g/mol. The molecule has 1 rings (SSSR count). The summed E-state index contributed by atoms with van der Waals surface area (Å²) in [6, 6.07) is 0. The second kappa shape index (κ2) is 5.18. The average molecular weight is 229 g/mol. The Bertz CT molecular complexity index is 371. The Morgan fingerprint density at radius 3 is 2.62 bits per heavy atom. The molecule has 0 aliphatic heterocycles. The van der Waals surface area contributed by atoms with Crippen molar-refractivity contribution < 1.29 is 47.3 Å². The van der Waals surface area contributed by atoms with Gasteiger partial charge < -0.3 is 4.55 Å². The van der Waals surface area contributed by atoms with Crippen LogP contribution in [-0.2, 0) is 10.1 Å². The SMILES string of the molecule is O=C(CS(=O)(=O)[O-])c1nccs1.[Na+]. The predicted octanol–water partition coefficient (Wildman–Crippen LogP) is -3.12. The fourth-order valence-electron chi connectivity index (χ4n) is 0.583. The third-order valence-corrected chi connectivity index (χ3v) is 2.41. The van der Waals surface area contributed by atoms with E-state index in [2.05, 4.69) is 4.98 Å². The zero-order valence-corrected chi connectivity index (χ0v) is 10.4. The smallest absolute Gasteiger partial charge is 0.748 e. The molecule has 0 atom stereocenters. The standard InChI is InChI=1S/C5H5NO4S2.Na/c7-4(3-12(8,9)10)5-6-1-2-11-5;/h1-2H,3H2,(H,8,9,10);/q;+1/p-1. The Balaban J connectivity index is 0.00000144. The van der Waals surface area contributed by atoms with E-state index in [1.165, 1.54) is 11.6 Å².